The Labute approximate surface area is 119 Å². The number of hydrogen-bond donors (Lipinski definition) is 0. The predicted molar refractivity (Wildman–Crippen MR) is 73.3 cm³/mol. The van der Waals surface area contributed by atoms with Crippen LogP contribution in [0.5, 0.6) is 0 Å². The molecule has 19 heavy (non-hydrogen) atoms. The van der Waals surface area contributed by atoms with Gasteiger partial charge in [-0.15, -0.1) is 0 Å². The van der Waals surface area contributed by atoms with Gasteiger partial charge in [-0.05, 0) is 40.8 Å². The Balaban J connectivity index is 2.27. The summed E-state index contributed by atoms with van der Waals surface area (Å²) < 4.78 is 12.2. The summed E-state index contributed by atoms with van der Waals surface area (Å²) in [6.07, 6.45) is 3.59. The van der Waals surface area contributed by atoms with E-state index >= 15 is 0 Å². The Morgan fingerprint density at radius 3 is 2.84 bits per heavy atom. The summed E-state index contributed by atoms with van der Waals surface area (Å²) in [5, 5.41) is 0. The first-order chi connectivity index (χ1) is 9.11. The molecule has 0 aromatic carbocycles. The molecule has 1 saturated heterocycles. The number of esters is 1. The van der Waals surface area contributed by atoms with Crippen LogP contribution in [0.1, 0.15) is 23.2 Å². The summed E-state index contributed by atoms with van der Waals surface area (Å²) in [6, 6.07) is 1.49. The molecule has 0 bridgehead atoms. The molecule has 0 aliphatic carbocycles. The maximum absolute atomic E-state index is 12.2. The number of methoxy groups -OCH3 is 1. The second-order valence-electron chi connectivity index (χ2n) is 4.58. The molecule has 0 amide bonds. The molecule has 5 nitrogen and oxygen atoms in total. The van der Waals surface area contributed by atoms with Gasteiger partial charge in [0.2, 0.25) is 0 Å². The normalized spacial score (nSPS) is 16.3. The van der Waals surface area contributed by atoms with Crippen molar-refractivity contribution in [1.82, 2.24) is 4.57 Å². The minimum Gasteiger partial charge on any atom is -0.465 e. The number of carbonyl (C=O) groups excluding carboxylic acids is 1. The van der Waals surface area contributed by atoms with Crippen molar-refractivity contribution in [2.75, 3.05) is 20.3 Å². The molecule has 0 unspecified atom stereocenters. The number of carbonyl (C=O) groups is 1. The highest BCUT2D eigenvalue weighted by molar-refractivity contribution is 9.10. The van der Waals surface area contributed by atoms with E-state index in [1.165, 1.54) is 13.2 Å². The Morgan fingerprint density at radius 2 is 2.21 bits per heavy atom. The fraction of sp³-hybridized carbons (Fsp3) is 0.538. The van der Waals surface area contributed by atoms with Crippen LogP contribution in [-0.2, 0) is 16.0 Å². The highest BCUT2D eigenvalue weighted by Crippen LogP contribution is 2.17. The molecule has 0 N–H and O–H groups in total. The Kier molecular flexibility index (Phi) is 4.76. The Hall–Kier alpha value is -1.14. The minimum absolute atomic E-state index is 0.0592. The first-order valence-electron chi connectivity index (χ1n) is 6.18. The van der Waals surface area contributed by atoms with Gasteiger partial charge in [0.05, 0.1) is 7.11 Å². The molecule has 6 heteroatoms. The second-order valence-corrected chi connectivity index (χ2v) is 5.49. The van der Waals surface area contributed by atoms with Crippen LogP contribution in [0.2, 0.25) is 0 Å². The van der Waals surface area contributed by atoms with Crippen LogP contribution in [0.3, 0.4) is 0 Å². The van der Waals surface area contributed by atoms with E-state index in [9.17, 15) is 9.59 Å². The largest absolute Gasteiger partial charge is 0.465 e. The lowest BCUT2D eigenvalue weighted by Gasteiger charge is -2.23. The molecular formula is C13H16BrNO4. The van der Waals surface area contributed by atoms with Gasteiger partial charge in [-0.1, -0.05) is 0 Å². The van der Waals surface area contributed by atoms with Crippen LogP contribution in [0.15, 0.2) is 21.5 Å². The van der Waals surface area contributed by atoms with Gasteiger partial charge >= 0.3 is 5.97 Å². The van der Waals surface area contributed by atoms with Gasteiger partial charge in [-0.2, -0.15) is 0 Å². The third kappa shape index (κ3) is 3.45. The van der Waals surface area contributed by atoms with Gasteiger partial charge in [0, 0.05) is 30.4 Å². The maximum Gasteiger partial charge on any atom is 0.343 e. The molecule has 0 spiro atoms. The van der Waals surface area contributed by atoms with Gasteiger partial charge in [0.15, 0.2) is 0 Å². The third-order valence-corrected chi connectivity index (χ3v) is 3.69. The molecule has 1 fully saturated rings. The van der Waals surface area contributed by atoms with Gasteiger partial charge < -0.3 is 14.0 Å². The summed E-state index contributed by atoms with van der Waals surface area (Å²) in [4.78, 5) is 23.8. The molecule has 0 saturated carbocycles. The number of nitrogens with zero attached hydrogens (tertiary/aromatic N) is 1. The number of hydrogen-bond acceptors (Lipinski definition) is 4. The SMILES string of the molecule is COC(=O)c1cc(Br)cn(CC2CCOCC2)c1=O. The molecule has 104 valence electrons. The predicted octanol–water partition coefficient (Wildman–Crippen LogP) is 1.82. The van der Waals surface area contributed by atoms with E-state index in [4.69, 9.17) is 4.74 Å². The molecular weight excluding hydrogens is 314 g/mol. The lowest BCUT2D eigenvalue weighted by molar-refractivity contribution is 0.0583. The zero-order valence-corrected chi connectivity index (χ0v) is 12.3. The minimum atomic E-state index is -0.605. The van der Waals surface area contributed by atoms with Crippen molar-refractivity contribution < 1.29 is 14.3 Å². The lowest BCUT2D eigenvalue weighted by atomic mass is 10.0. The standard InChI is InChI=1S/C13H16BrNO4/c1-18-13(17)11-6-10(14)8-15(12(11)16)7-9-2-4-19-5-3-9/h6,8-9H,2-5,7H2,1H3. The van der Waals surface area contributed by atoms with E-state index < -0.39 is 5.97 Å². The van der Waals surface area contributed by atoms with E-state index in [2.05, 4.69) is 20.7 Å². The lowest BCUT2D eigenvalue weighted by Crippen LogP contribution is -2.30. The topological polar surface area (TPSA) is 57.5 Å². The van der Waals surface area contributed by atoms with E-state index in [0.29, 0.717) is 16.9 Å². The molecule has 1 aromatic heterocycles. The van der Waals surface area contributed by atoms with Crippen LogP contribution in [0, 0.1) is 5.92 Å². The van der Waals surface area contributed by atoms with Gasteiger partial charge in [-0.3, -0.25) is 4.79 Å². The quantitative estimate of drug-likeness (QED) is 0.794. The summed E-state index contributed by atoms with van der Waals surface area (Å²) in [7, 11) is 1.27. The van der Waals surface area contributed by atoms with Crippen molar-refractivity contribution in [3.05, 3.63) is 32.7 Å². The van der Waals surface area contributed by atoms with E-state index in [0.717, 1.165) is 26.1 Å². The van der Waals surface area contributed by atoms with Crippen molar-refractivity contribution >= 4 is 21.9 Å². The zero-order valence-electron chi connectivity index (χ0n) is 10.7. The third-order valence-electron chi connectivity index (χ3n) is 3.25. The van der Waals surface area contributed by atoms with E-state index in [-0.39, 0.29) is 11.1 Å². The smallest absolute Gasteiger partial charge is 0.343 e. The van der Waals surface area contributed by atoms with Crippen LogP contribution in [0.25, 0.3) is 0 Å². The van der Waals surface area contributed by atoms with Crippen molar-refractivity contribution in [3.63, 3.8) is 0 Å². The Morgan fingerprint density at radius 1 is 1.53 bits per heavy atom. The number of ether oxygens (including phenoxy) is 2. The number of aromatic nitrogens is 1. The highest BCUT2D eigenvalue weighted by Gasteiger charge is 2.18. The summed E-state index contributed by atoms with van der Waals surface area (Å²) in [5.41, 5.74) is -0.245. The van der Waals surface area contributed by atoms with Gasteiger partial charge in [-0.25, -0.2) is 4.79 Å². The molecule has 2 rings (SSSR count). The molecule has 0 atom stereocenters. The first kappa shape index (κ1) is 14.3. The fourth-order valence-corrected chi connectivity index (χ4v) is 2.67. The second kappa shape index (κ2) is 6.34. The summed E-state index contributed by atoms with van der Waals surface area (Å²) in [6.45, 7) is 2.07. The molecule has 2 heterocycles. The molecule has 1 aliphatic rings. The average molecular weight is 330 g/mol. The first-order valence-corrected chi connectivity index (χ1v) is 6.97. The maximum atomic E-state index is 12.2. The highest BCUT2D eigenvalue weighted by atomic mass is 79.9. The van der Waals surface area contributed by atoms with Gasteiger partial charge in [0.1, 0.15) is 5.56 Å². The van der Waals surface area contributed by atoms with Crippen molar-refractivity contribution in [2.24, 2.45) is 5.92 Å². The van der Waals surface area contributed by atoms with Gasteiger partial charge in [0.25, 0.3) is 5.56 Å². The Bertz CT molecular complexity index is 520. The monoisotopic (exact) mass is 329 g/mol. The summed E-state index contributed by atoms with van der Waals surface area (Å²) in [5.74, 6) is -0.196. The van der Waals surface area contributed by atoms with Crippen LogP contribution >= 0.6 is 15.9 Å². The number of rotatable bonds is 3. The van der Waals surface area contributed by atoms with Crippen molar-refractivity contribution in [2.45, 2.75) is 19.4 Å². The molecule has 1 aliphatic heterocycles. The van der Waals surface area contributed by atoms with Crippen molar-refractivity contribution in [1.29, 1.82) is 0 Å². The zero-order chi connectivity index (χ0) is 13.8. The van der Waals surface area contributed by atoms with E-state index in [1.807, 2.05) is 0 Å². The molecule has 1 aromatic rings. The van der Waals surface area contributed by atoms with Crippen LogP contribution in [0.4, 0.5) is 0 Å². The summed E-state index contributed by atoms with van der Waals surface area (Å²) >= 11 is 3.32. The number of pyridine rings is 1. The molecule has 0 radical (unpaired) electrons. The van der Waals surface area contributed by atoms with Crippen LogP contribution < -0.4 is 5.56 Å². The van der Waals surface area contributed by atoms with E-state index in [1.54, 1.807) is 10.8 Å². The average Bonchev–Trinajstić information content (AvgIpc) is 2.42. The van der Waals surface area contributed by atoms with Crippen LogP contribution in [-0.4, -0.2) is 30.9 Å². The number of halogens is 1. The van der Waals surface area contributed by atoms with Crippen molar-refractivity contribution in [3.8, 4) is 0 Å². The fourth-order valence-electron chi connectivity index (χ4n) is 2.20.